The second kappa shape index (κ2) is 6.48. The summed E-state index contributed by atoms with van der Waals surface area (Å²) in [6.45, 7) is 0. The average molecular weight is 229 g/mol. The maximum absolute atomic E-state index is 11.4. The summed E-state index contributed by atoms with van der Waals surface area (Å²) < 4.78 is 0. The van der Waals surface area contributed by atoms with Crippen LogP contribution in [0, 0.1) is 0 Å². The molecule has 1 saturated carbocycles. The number of aliphatic carboxylic acids is 1. The molecule has 1 rings (SSSR count). The van der Waals surface area contributed by atoms with Gasteiger partial charge in [-0.15, -0.1) is 0 Å². The summed E-state index contributed by atoms with van der Waals surface area (Å²) in [6.07, 6.45) is 3.72. The maximum atomic E-state index is 11.4. The van der Waals surface area contributed by atoms with Crippen LogP contribution in [-0.2, 0) is 9.59 Å². The molecule has 0 saturated heterocycles. The quantitative estimate of drug-likeness (QED) is 0.646. The van der Waals surface area contributed by atoms with E-state index in [1.807, 2.05) is 0 Å². The topological polar surface area (TPSA) is 86.6 Å². The van der Waals surface area contributed by atoms with Gasteiger partial charge in [0.25, 0.3) is 0 Å². The highest BCUT2D eigenvalue weighted by Gasteiger charge is 2.24. The molecular formula is C11H19NO4. The van der Waals surface area contributed by atoms with Crippen molar-refractivity contribution in [3.8, 4) is 0 Å². The summed E-state index contributed by atoms with van der Waals surface area (Å²) in [5, 5.41) is 20.8. The molecule has 5 nitrogen and oxygen atoms in total. The van der Waals surface area contributed by atoms with E-state index >= 15 is 0 Å². The third-order valence-electron chi connectivity index (χ3n) is 2.87. The van der Waals surface area contributed by atoms with Gasteiger partial charge in [0, 0.05) is 12.8 Å². The predicted molar refractivity (Wildman–Crippen MR) is 57.9 cm³/mol. The SMILES string of the molecule is O=C(O)CCCC(=O)NC1CCCCC1O. The van der Waals surface area contributed by atoms with Crippen LogP contribution < -0.4 is 5.32 Å². The van der Waals surface area contributed by atoms with Crippen molar-refractivity contribution in [3.63, 3.8) is 0 Å². The molecule has 1 aliphatic rings. The van der Waals surface area contributed by atoms with Crippen LogP contribution in [0.25, 0.3) is 0 Å². The number of nitrogens with one attached hydrogen (secondary N) is 1. The van der Waals surface area contributed by atoms with E-state index in [2.05, 4.69) is 5.32 Å². The van der Waals surface area contributed by atoms with E-state index in [-0.39, 0.29) is 24.8 Å². The molecule has 92 valence electrons. The molecule has 2 unspecified atom stereocenters. The Kier molecular flexibility index (Phi) is 5.25. The highest BCUT2D eigenvalue weighted by atomic mass is 16.4. The van der Waals surface area contributed by atoms with E-state index in [1.54, 1.807) is 0 Å². The third-order valence-corrected chi connectivity index (χ3v) is 2.87. The van der Waals surface area contributed by atoms with Gasteiger partial charge in [-0.2, -0.15) is 0 Å². The molecule has 2 atom stereocenters. The van der Waals surface area contributed by atoms with E-state index in [4.69, 9.17) is 5.11 Å². The highest BCUT2D eigenvalue weighted by molar-refractivity contribution is 5.77. The van der Waals surface area contributed by atoms with E-state index < -0.39 is 12.1 Å². The molecule has 0 aliphatic heterocycles. The molecule has 0 heterocycles. The van der Waals surface area contributed by atoms with Crippen LogP contribution in [0.5, 0.6) is 0 Å². The van der Waals surface area contributed by atoms with Crippen molar-refractivity contribution >= 4 is 11.9 Å². The zero-order valence-electron chi connectivity index (χ0n) is 9.32. The smallest absolute Gasteiger partial charge is 0.303 e. The van der Waals surface area contributed by atoms with Crippen molar-refractivity contribution in [2.24, 2.45) is 0 Å². The molecule has 5 heteroatoms. The summed E-state index contributed by atoms with van der Waals surface area (Å²) in [4.78, 5) is 21.7. The van der Waals surface area contributed by atoms with Crippen molar-refractivity contribution in [1.29, 1.82) is 0 Å². The summed E-state index contributed by atoms with van der Waals surface area (Å²) >= 11 is 0. The Bertz CT molecular complexity index is 254. The lowest BCUT2D eigenvalue weighted by atomic mass is 9.92. The molecule has 0 aromatic heterocycles. The minimum Gasteiger partial charge on any atom is -0.481 e. The lowest BCUT2D eigenvalue weighted by Crippen LogP contribution is -2.45. The Hall–Kier alpha value is -1.10. The molecule has 0 aromatic rings. The number of carbonyl (C=O) groups is 2. The number of rotatable bonds is 5. The van der Waals surface area contributed by atoms with Crippen LogP contribution >= 0.6 is 0 Å². The third kappa shape index (κ3) is 4.61. The van der Waals surface area contributed by atoms with Gasteiger partial charge in [0.05, 0.1) is 12.1 Å². The molecule has 1 amide bonds. The van der Waals surface area contributed by atoms with E-state index in [1.165, 1.54) is 0 Å². The van der Waals surface area contributed by atoms with Gasteiger partial charge < -0.3 is 15.5 Å². The molecule has 0 bridgehead atoms. The number of aliphatic hydroxyl groups is 1. The highest BCUT2D eigenvalue weighted by Crippen LogP contribution is 2.18. The first-order valence-corrected chi connectivity index (χ1v) is 5.79. The summed E-state index contributed by atoms with van der Waals surface area (Å²) in [7, 11) is 0. The van der Waals surface area contributed by atoms with Crippen LogP contribution in [0.3, 0.4) is 0 Å². The first kappa shape index (κ1) is 13.0. The first-order valence-electron chi connectivity index (χ1n) is 5.79. The van der Waals surface area contributed by atoms with Gasteiger partial charge in [-0.1, -0.05) is 12.8 Å². The van der Waals surface area contributed by atoms with Crippen molar-refractivity contribution < 1.29 is 19.8 Å². The molecular weight excluding hydrogens is 210 g/mol. The molecule has 3 N–H and O–H groups in total. The second-order valence-electron chi connectivity index (χ2n) is 4.27. The van der Waals surface area contributed by atoms with Gasteiger partial charge >= 0.3 is 5.97 Å². The van der Waals surface area contributed by atoms with Gasteiger partial charge in [0.1, 0.15) is 0 Å². The van der Waals surface area contributed by atoms with Gasteiger partial charge in [0.15, 0.2) is 0 Å². The lowest BCUT2D eigenvalue weighted by molar-refractivity contribution is -0.137. The number of hydrogen-bond donors (Lipinski definition) is 3. The number of hydrogen-bond acceptors (Lipinski definition) is 3. The Balaban J connectivity index is 2.19. The maximum Gasteiger partial charge on any atom is 0.303 e. The monoisotopic (exact) mass is 229 g/mol. The molecule has 0 aromatic carbocycles. The minimum absolute atomic E-state index is 0.0145. The lowest BCUT2D eigenvalue weighted by Gasteiger charge is -2.28. The Morgan fingerprint density at radius 1 is 1.19 bits per heavy atom. The van der Waals surface area contributed by atoms with Crippen LogP contribution in [0.1, 0.15) is 44.9 Å². The van der Waals surface area contributed by atoms with E-state index in [0.29, 0.717) is 6.42 Å². The minimum atomic E-state index is -0.884. The predicted octanol–water partition coefficient (Wildman–Crippen LogP) is 0.661. The van der Waals surface area contributed by atoms with Gasteiger partial charge in [-0.3, -0.25) is 9.59 Å². The van der Waals surface area contributed by atoms with Crippen molar-refractivity contribution in [2.75, 3.05) is 0 Å². The average Bonchev–Trinajstić information content (AvgIpc) is 2.21. The van der Waals surface area contributed by atoms with Crippen molar-refractivity contribution in [2.45, 2.75) is 57.1 Å². The van der Waals surface area contributed by atoms with Crippen LogP contribution in [0.2, 0.25) is 0 Å². The van der Waals surface area contributed by atoms with Crippen LogP contribution in [0.4, 0.5) is 0 Å². The first-order chi connectivity index (χ1) is 7.59. The van der Waals surface area contributed by atoms with Crippen LogP contribution in [0.15, 0.2) is 0 Å². The molecule has 1 fully saturated rings. The number of carboxylic acid groups (broad SMARTS) is 1. The molecule has 0 radical (unpaired) electrons. The number of amides is 1. The van der Waals surface area contributed by atoms with Gasteiger partial charge in [-0.05, 0) is 19.3 Å². The Labute approximate surface area is 94.8 Å². The summed E-state index contributed by atoms with van der Waals surface area (Å²) in [5.74, 6) is -1.04. The van der Waals surface area contributed by atoms with Gasteiger partial charge in [-0.25, -0.2) is 0 Å². The Morgan fingerprint density at radius 3 is 2.50 bits per heavy atom. The Morgan fingerprint density at radius 2 is 1.88 bits per heavy atom. The standard InChI is InChI=1S/C11H19NO4/c13-9-5-2-1-4-8(9)12-10(14)6-3-7-11(15)16/h8-9,13H,1-7H2,(H,12,14)(H,15,16). The molecule has 1 aliphatic carbocycles. The number of aliphatic hydroxyl groups excluding tert-OH is 1. The van der Waals surface area contributed by atoms with E-state index in [0.717, 1.165) is 25.7 Å². The zero-order chi connectivity index (χ0) is 12.0. The summed E-state index contributed by atoms with van der Waals surface area (Å²) in [5.41, 5.74) is 0. The van der Waals surface area contributed by atoms with Crippen molar-refractivity contribution in [1.82, 2.24) is 5.32 Å². The fourth-order valence-electron chi connectivity index (χ4n) is 1.96. The fourth-order valence-corrected chi connectivity index (χ4v) is 1.96. The fraction of sp³-hybridized carbons (Fsp3) is 0.818. The van der Waals surface area contributed by atoms with Crippen LogP contribution in [-0.4, -0.2) is 34.2 Å². The van der Waals surface area contributed by atoms with Crippen molar-refractivity contribution in [3.05, 3.63) is 0 Å². The van der Waals surface area contributed by atoms with E-state index in [9.17, 15) is 14.7 Å². The molecule has 0 spiro atoms. The zero-order valence-corrected chi connectivity index (χ0v) is 9.32. The number of carbonyl (C=O) groups excluding carboxylic acids is 1. The molecule has 16 heavy (non-hydrogen) atoms. The largest absolute Gasteiger partial charge is 0.481 e. The van der Waals surface area contributed by atoms with Gasteiger partial charge in [0.2, 0.25) is 5.91 Å². The summed E-state index contributed by atoms with van der Waals surface area (Å²) in [6, 6.07) is -0.147. The second-order valence-corrected chi connectivity index (χ2v) is 4.27. The number of carboxylic acids is 1. The normalized spacial score (nSPS) is 25.1.